The van der Waals surface area contributed by atoms with Crippen LogP contribution in [0.4, 0.5) is 4.79 Å². The fourth-order valence-corrected chi connectivity index (χ4v) is 8.81. The number of cyclic esters (lactones) is 1. The molecule has 21 nitrogen and oxygen atoms in total. The molecule has 72 heavy (non-hydrogen) atoms. The maximum atomic E-state index is 13.4. The maximum absolute atomic E-state index is 13.4. The van der Waals surface area contributed by atoms with Gasteiger partial charge in [0.05, 0.1) is 105 Å². The molecule has 4 heterocycles. The van der Waals surface area contributed by atoms with Crippen molar-refractivity contribution in [3.63, 3.8) is 0 Å². The Morgan fingerprint density at radius 1 is 0.708 bits per heavy atom. The van der Waals surface area contributed by atoms with E-state index in [1.807, 2.05) is 37.3 Å². The molecule has 0 aromatic carbocycles. The van der Waals surface area contributed by atoms with Gasteiger partial charge < -0.3 is 96.2 Å². The number of amides is 2. The van der Waals surface area contributed by atoms with Gasteiger partial charge in [0.1, 0.15) is 17.7 Å². The number of nitrogens with two attached hydrogens (primary N) is 1. The van der Waals surface area contributed by atoms with E-state index < -0.39 is 159 Å². The van der Waals surface area contributed by atoms with Crippen LogP contribution in [-0.2, 0) is 28.5 Å². The van der Waals surface area contributed by atoms with E-state index in [-0.39, 0.29) is 44.8 Å². The molecule has 0 spiro atoms. The van der Waals surface area contributed by atoms with Crippen LogP contribution < -0.4 is 16.4 Å². The summed E-state index contributed by atoms with van der Waals surface area (Å²) in [5, 5.41) is 125. The minimum Gasteiger partial charge on any atom is -0.462 e. The van der Waals surface area contributed by atoms with Crippen LogP contribution in [0.15, 0.2) is 85.1 Å². The lowest BCUT2D eigenvalue weighted by Crippen LogP contribution is -2.69. The van der Waals surface area contributed by atoms with Crippen molar-refractivity contribution in [3.05, 3.63) is 85.1 Å². The fraction of sp³-hybridized carbons (Fsp3) is 0.686. The minimum absolute atomic E-state index is 0.0290. The molecule has 2 amide bonds. The molecular formula is C51H81N3O18. The van der Waals surface area contributed by atoms with Gasteiger partial charge in [-0.3, -0.25) is 4.79 Å². The molecule has 0 aliphatic carbocycles. The van der Waals surface area contributed by atoms with Gasteiger partial charge in [0.25, 0.3) is 0 Å². The first kappa shape index (κ1) is 60.8. The smallest absolute Gasteiger partial charge is 0.315 e. The Morgan fingerprint density at radius 3 is 1.89 bits per heavy atom. The Labute approximate surface area is 421 Å². The zero-order valence-corrected chi connectivity index (χ0v) is 41.6. The fourth-order valence-electron chi connectivity index (χ4n) is 8.81. The lowest BCUT2D eigenvalue weighted by molar-refractivity contribution is -0.303. The van der Waals surface area contributed by atoms with Crippen LogP contribution in [0, 0.1) is 11.8 Å². The molecule has 3 saturated heterocycles. The van der Waals surface area contributed by atoms with Gasteiger partial charge in [0.15, 0.2) is 12.1 Å². The van der Waals surface area contributed by atoms with Crippen LogP contribution >= 0.6 is 0 Å². The van der Waals surface area contributed by atoms with E-state index in [9.17, 15) is 65.8 Å². The van der Waals surface area contributed by atoms with E-state index >= 15 is 0 Å². The van der Waals surface area contributed by atoms with Gasteiger partial charge in [-0.15, -0.1) is 0 Å². The first-order chi connectivity index (χ1) is 34.1. The third-order valence-corrected chi connectivity index (χ3v) is 13.5. The third-order valence-electron chi connectivity index (χ3n) is 13.5. The molecule has 3 fully saturated rings. The molecule has 0 aromatic rings. The molecule has 0 unspecified atom stereocenters. The average molecular weight is 1020 g/mol. The second-order valence-electron chi connectivity index (χ2n) is 19.8. The number of aliphatic hydroxyl groups excluding tert-OH is 10. The zero-order valence-electron chi connectivity index (χ0n) is 41.6. The monoisotopic (exact) mass is 1020 g/mol. The van der Waals surface area contributed by atoms with Crippen molar-refractivity contribution in [2.75, 3.05) is 19.8 Å². The van der Waals surface area contributed by atoms with E-state index in [0.717, 1.165) is 0 Å². The third kappa shape index (κ3) is 19.2. The Bertz CT molecular complexity index is 1870. The molecule has 21 heteroatoms. The molecule has 4 aliphatic heterocycles. The van der Waals surface area contributed by atoms with Gasteiger partial charge >= 0.3 is 12.0 Å². The van der Waals surface area contributed by atoms with Gasteiger partial charge in [0, 0.05) is 37.5 Å². The number of aliphatic hydroxyl groups is 11. The quantitative estimate of drug-likeness (QED) is 0.154. The number of nitrogens with one attached hydrogen (secondary N) is 2. The summed E-state index contributed by atoms with van der Waals surface area (Å²) in [6.45, 7) is 6.39. The number of rotatable bonds is 5. The molecule has 2 bridgehead atoms. The largest absolute Gasteiger partial charge is 0.462 e. The number of ether oxygens (including phenoxy) is 5. The molecule has 0 radical (unpaired) electrons. The van der Waals surface area contributed by atoms with Crippen LogP contribution in [0.3, 0.4) is 0 Å². The predicted octanol–water partition coefficient (Wildman–Crippen LogP) is -0.560. The summed E-state index contributed by atoms with van der Waals surface area (Å²) in [6, 6.07) is -3.22. The highest BCUT2D eigenvalue weighted by molar-refractivity contribution is 5.75. The summed E-state index contributed by atoms with van der Waals surface area (Å²) >= 11 is 0. The van der Waals surface area contributed by atoms with Crippen molar-refractivity contribution in [1.29, 1.82) is 0 Å². The van der Waals surface area contributed by atoms with Crippen molar-refractivity contribution in [3.8, 4) is 0 Å². The highest BCUT2D eigenvalue weighted by Crippen LogP contribution is 2.35. The summed E-state index contributed by atoms with van der Waals surface area (Å²) in [4.78, 5) is 26.1. The Morgan fingerprint density at radius 2 is 1.31 bits per heavy atom. The zero-order chi connectivity index (χ0) is 53.2. The van der Waals surface area contributed by atoms with Gasteiger partial charge in [-0.05, 0) is 33.1 Å². The topological polar surface area (TPSA) is 353 Å². The van der Waals surface area contributed by atoms with Gasteiger partial charge in [0.2, 0.25) is 0 Å². The maximum Gasteiger partial charge on any atom is 0.315 e. The van der Waals surface area contributed by atoms with Crippen LogP contribution in [0.1, 0.15) is 79.1 Å². The first-order valence-electron chi connectivity index (χ1n) is 24.8. The molecule has 15 N–H and O–H groups in total. The number of urea groups is 1. The number of carbonyl (C=O) groups is 2. The summed E-state index contributed by atoms with van der Waals surface area (Å²) in [7, 11) is 0. The van der Waals surface area contributed by atoms with Crippen LogP contribution in [0.5, 0.6) is 0 Å². The van der Waals surface area contributed by atoms with E-state index in [1.165, 1.54) is 0 Å². The molecule has 408 valence electrons. The van der Waals surface area contributed by atoms with E-state index in [1.54, 1.807) is 75.5 Å². The predicted molar refractivity (Wildman–Crippen MR) is 262 cm³/mol. The second kappa shape index (κ2) is 29.4. The number of esters is 1. The van der Waals surface area contributed by atoms with Crippen molar-refractivity contribution in [2.45, 2.75) is 188 Å². The van der Waals surface area contributed by atoms with Gasteiger partial charge in [-0.2, -0.15) is 0 Å². The highest BCUT2D eigenvalue weighted by atomic mass is 16.7. The minimum atomic E-state index is -2.30. The molecular weight excluding hydrogens is 943 g/mol. The molecule has 0 saturated carbocycles. The number of carbonyl (C=O) groups excluding carboxylic acids is 2. The number of allylic oxidation sites excluding steroid dienone is 12. The molecule has 4 aliphatic rings. The van der Waals surface area contributed by atoms with E-state index in [2.05, 4.69) is 10.6 Å². The van der Waals surface area contributed by atoms with Crippen LogP contribution in [0.25, 0.3) is 0 Å². The Balaban J connectivity index is 1.60. The molecule has 0 aromatic heterocycles. The van der Waals surface area contributed by atoms with E-state index in [4.69, 9.17) is 29.4 Å². The SMILES string of the molecule is C[C@@H]1[C@H](O)[C@@H](C)/C=C/C=C/C=C/C=C/C=C/C=C/C=C/[C@H](O[C@@H]2O[C@H](C)[C@@H](O)[C@H](N)[C@@H]2O)C[C@@H]2O[C@](O)(C[C@@H](O)C[C@@H](O)[C@H](O)CC[C@@H](O)C[C@@H](O)CC(=O)O[C@H]1C)C[C@H](O)[C@H]2NC(=O)NC1(CO)COC1. The average Bonchev–Trinajstić information content (AvgIpc) is 3.30. The molecule has 4 rings (SSSR count). The summed E-state index contributed by atoms with van der Waals surface area (Å²) in [6.07, 6.45) is 4.18. The summed E-state index contributed by atoms with van der Waals surface area (Å²) < 4.78 is 28.9. The normalized spacial score (nSPS) is 43.8. The van der Waals surface area contributed by atoms with Crippen LogP contribution in [-0.4, -0.2) is 197 Å². The highest BCUT2D eigenvalue weighted by Gasteiger charge is 2.50. The first-order valence-corrected chi connectivity index (χ1v) is 24.8. The Kier molecular flexibility index (Phi) is 24.8. The van der Waals surface area contributed by atoms with E-state index in [0.29, 0.717) is 0 Å². The van der Waals surface area contributed by atoms with Crippen molar-refractivity contribution < 1.29 is 89.4 Å². The van der Waals surface area contributed by atoms with Crippen molar-refractivity contribution in [1.82, 2.24) is 10.6 Å². The summed E-state index contributed by atoms with van der Waals surface area (Å²) in [5.41, 5.74) is 5.03. The van der Waals surface area contributed by atoms with Crippen LogP contribution in [0.2, 0.25) is 0 Å². The summed E-state index contributed by atoms with van der Waals surface area (Å²) in [5.74, 6) is -3.78. The number of hydrogen-bond acceptors (Lipinski definition) is 19. The van der Waals surface area contributed by atoms with Crippen molar-refractivity contribution in [2.24, 2.45) is 17.6 Å². The standard InChI is InChI=1S/C51H81N3O18/c1-30-17-15-13-11-9-7-5-6-8-10-12-14-16-18-37(71-48-47(65)43(52)46(64)33(4)70-48)24-41-44(53-49(66)54-50(27-55)28-68-29-50)40(61)26-51(67,72-41)25-36(58)22-39(60)38(59)20-19-34(56)21-35(57)23-42(62)69-32(3)31(2)45(30)63/h5-18,30-41,43-48,55-61,63-65,67H,19-29,52H2,1-4H3,(H2,53,54,66)/b6-5+,9-7+,10-8+,13-11+,14-12+,17-15+,18-16+/t30-,31-,32-,33+,34+,35+,36-,37-,38+,39+,40-,41-,43-,44+,45+,46+,47-,48-,51+/m0/s1. The Hall–Kier alpha value is -3.72. The van der Waals surface area contributed by atoms with Crippen molar-refractivity contribution >= 4 is 12.0 Å². The van der Waals surface area contributed by atoms with Gasteiger partial charge in [-0.1, -0.05) is 98.9 Å². The lowest BCUT2D eigenvalue weighted by atomic mass is 9.87. The number of fused-ring (bicyclic) bond motifs is 2. The number of hydrogen-bond donors (Lipinski definition) is 14. The molecule has 19 atom stereocenters. The van der Waals surface area contributed by atoms with Gasteiger partial charge in [-0.25, -0.2) is 4.79 Å². The lowest BCUT2D eigenvalue weighted by Gasteiger charge is -2.47. The second-order valence-corrected chi connectivity index (χ2v) is 19.8.